The molecule has 24 heteroatoms. The van der Waals surface area contributed by atoms with E-state index < -0.39 is 0 Å². The average molecular weight is 1250 g/mol. The van der Waals surface area contributed by atoms with Gasteiger partial charge in [0.2, 0.25) is 0 Å². The van der Waals surface area contributed by atoms with Gasteiger partial charge in [-0.25, -0.2) is 0 Å². The van der Waals surface area contributed by atoms with Gasteiger partial charge in [-0.05, 0) is 0 Å². The van der Waals surface area contributed by atoms with E-state index in [1.165, 1.54) is 163 Å². The second-order valence-corrected chi connectivity index (χ2v) is 43.1. The Kier molecular flexibility index (Phi) is 14.1. The normalized spacial score (nSPS) is 25.7. The Morgan fingerprint density at radius 2 is 0.339 bits per heavy atom. The Hall–Kier alpha value is 4.50. The van der Waals surface area contributed by atoms with Crippen molar-refractivity contribution in [3.8, 4) is 0 Å². The Morgan fingerprint density at radius 3 is 0.532 bits per heavy atom. The van der Waals surface area contributed by atoms with Crippen molar-refractivity contribution in [2.24, 2.45) is 0 Å². The van der Waals surface area contributed by atoms with Crippen LogP contribution in [0.5, 0.6) is 0 Å². The summed E-state index contributed by atoms with van der Waals surface area (Å²) in [6.45, 7) is 0. The maximum absolute atomic E-state index is 2.47. The molecule has 0 unspecified atom stereocenters. The molecule has 2 aromatic rings. The van der Waals surface area contributed by atoms with E-state index in [2.05, 4.69) is 165 Å². The van der Waals surface area contributed by atoms with Crippen LogP contribution in [-0.2, 0) is 0 Å². The van der Waals surface area contributed by atoms with Gasteiger partial charge in [0.25, 0.3) is 0 Å². The van der Waals surface area contributed by atoms with Crippen LogP contribution in [0.4, 0.5) is 0 Å². The summed E-state index contributed by atoms with van der Waals surface area (Å²) in [5.74, 6) is 9.76. The first-order valence-corrected chi connectivity index (χ1v) is 39.5. The van der Waals surface area contributed by atoms with Crippen LogP contribution in [0.1, 0.15) is 0 Å². The fraction of sp³-hybridized carbons (Fsp3) is 0.211. The maximum atomic E-state index is 2.47. The molecule has 12 aliphatic heterocycles. The van der Waals surface area contributed by atoms with E-state index in [0.717, 1.165) is 0 Å². The van der Waals surface area contributed by atoms with Crippen LogP contribution >= 0.6 is 282 Å². The van der Waals surface area contributed by atoms with Crippen LogP contribution in [0.25, 0.3) is 16.9 Å². The standard InChI is InChI=1S/C38H20S24/c1-2-14(22-53-27-28(54-22)42-8-7-41-27)18-17(13(1)21-51-25-26(52-21)40-6-5-39-25)47-33-34(48-18)60-37(59-33)38-61-35-36(62-38)50-20-16(24-57-31-32(58-24)46-12-11-45-31)4-3-15(19(20)49-35)23-55-29-30(56-23)44-10-9-43-29/h1-4H,5-12H2. The highest BCUT2D eigenvalue weighted by Gasteiger charge is 2.39. The van der Waals surface area contributed by atoms with E-state index in [4.69, 9.17) is 0 Å². The average Bonchev–Trinajstić information content (AvgIpc) is 4.17. The zero-order valence-electron chi connectivity index (χ0n) is 30.8. The van der Waals surface area contributed by atoms with Crippen LogP contribution in [0, 0.1) is 0 Å². The summed E-state index contributed by atoms with van der Waals surface area (Å²) in [7, 11) is 0. The molecule has 2 aromatic carbocycles. The van der Waals surface area contributed by atoms with Crippen molar-refractivity contribution in [2.75, 3.05) is 46.0 Å². The number of hydrogen-bond donors (Lipinski definition) is 0. The molecule has 0 amide bonds. The molecule has 12 aliphatic rings. The van der Waals surface area contributed by atoms with Crippen molar-refractivity contribution >= 4 is 299 Å². The van der Waals surface area contributed by atoms with Gasteiger partial charge in [-0.3, -0.25) is 0 Å². The maximum Gasteiger partial charge on any atom is 0.0718 e. The summed E-state index contributed by atoms with van der Waals surface area (Å²) >= 11 is 49.1. The van der Waals surface area contributed by atoms with Crippen LogP contribution in [-0.4, -0.2) is 46.0 Å². The predicted molar refractivity (Wildman–Crippen MR) is 328 cm³/mol. The molecule has 0 aliphatic carbocycles. The lowest BCUT2D eigenvalue weighted by atomic mass is 10.3. The summed E-state index contributed by atoms with van der Waals surface area (Å²) in [4.78, 5) is 5.89. The van der Waals surface area contributed by atoms with E-state index in [1.807, 2.05) is 141 Å². The fourth-order valence-electron chi connectivity index (χ4n) is 6.82. The Morgan fingerprint density at radius 1 is 0.177 bits per heavy atom. The van der Waals surface area contributed by atoms with E-state index in [1.54, 1.807) is 0 Å². The highest BCUT2D eigenvalue weighted by molar-refractivity contribution is 8.49. The molecular weight excluding hydrogens is 1230 g/mol. The SMILES string of the molecule is c1cc(=C2SC3=C(SCCS3)S2)c2c(c1=C1SC3=C(SCCS3)S1)SC1=C(SC(=C3SC4=C(S3)Sc3c(c(=C5SC6=C(SCCS6)S5)ccc3=C3SC5=C(SCCS5)S3)S4)S1)S2. The summed E-state index contributed by atoms with van der Waals surface area (Å²) in [5, 5.41) is 5.75. The minimum atomic E-state index is 1.22. The van der Waals surface area contributed by atoms with Crippen molar-refractivity contribution < 1.29 is 0 Å². The molecule has 14 rings (SSSR count). The molecule has 12 heterocycles. The molecule has 0 bridgehead atoms. The third-order valence-corrected chi connectivity index (χ3v) is 44.8. The molecule has 62 heavy (non-hydrogen) atoms. The van der Waals surface area contributed by atoms with Crippen LogP contribution < -0.4 is 20.9 Å². The van der Waals surface area contributed by atoms with Gasteiger partial charge in [0.15, 0.2) is 0 Å². The Balaban J connectivity index is 0.797. The highest BCUT2D eigenvalue weighted by atomic mass is 32.3. The molecule has 0 aromatic heterocycles. The molecule has 0 saturated carbocycles. The fourth-order valence-corrected chi connectivity index (χ4v) is 43.8. The first kappa shape index (κ1) is 45.1. The van der Waals surface area contributed by atoms with Gasteiger partial charge in [0.1, 0.15) is 0 Å². The lowest BCUT2D eigenvalue weighted by Crippen LogP contribution is -2.18. The van der Waals surface area contributed by atoms with Gasteiger partial charge in [0, 0.05) is 86.5 Å². The summed E-state index contributed by atoms with van der Waals surface area (Å²) in [6.07, 6.45) is 0. The van der Waals surface area contributed by atoms with E-state index in [9.17, 15) is 0 Å². The molecule has 316 valence electrons. The van der Waals surface area contributed by atoms with Crippen LogP contribution in [0.2, 0.25) is 0 Å². The first-order chi connectivity index (χ1) is 30.6. The zero-order chi connectivity index (χ0) is 40.5. The van der Waals surface area contributed by atoms with Gasteiger partial charge in [0.05, 0.1) is 76.3 Å². The molecule has 0 atom stereocenters. The molecular formula is C38H20S24. The van der Waals surface area contributed by atoms with Crippen LogP contribution in [0.15, 0.2) is 103 Å². The number of thioether (sulfide) groups is 24. The van der Waals surface area contributed by atoms with Crippen molar-refractivity contribution in [3.63, 3.8) is 0 Å². The lowest BCUT2D eigenvalue weighted by molar-refractivity contribution is 1.17. The Labute approximate surface area is 461 Å². The number of hydrogen-bond acceptors (Lipinski definition) is 24. The number of benzene rings is 2. The van der Waals surface area contributed by atoms with Gasteiger partial charge in [-0.15, -0.1) is 94.1 Å². The lowest BCUT2D eigenvalue weighted by Gasteiger charge is -2.18. The third kappa shape index (κ3) is 8.54. The number of rotatable bonds is 0. The van der Waals surface area contributed by atoms with Crippen LogP contribution in [0.3, 0.4) is 0 Å². The molecule has 0 radical (unpaired) electrons. The summed E-state index contributed by atoms with van der Waals surface area (Å²) < 4.78 is 26.9. The highest BCUT2D eigenvalue weighted by Crippen LogP contribution is 2.72. The molecule has 0 spiro atoms. The molecule has 0 nitrogen and oxygen atoms in total. The molecule has 0 fully saturated rings. The Bertz CT molecular complexity index is 2510. The van der Waals surface area contributed by atoms with Gasteiger partial charge in [-0.1, -0.05) is 212 Å². The minimum Gasteiger partial charge on any atom is -0.116 e. The summed E-state index contributed by atoms with van der Waals surface area (Å²) in [6, 6.07) is 9.88. The smallest absolute Gasteiger partial charge is 0.0718 e. The monoisotopic (exact) mass is 1240 g/mol. The van der Waals surface area contributed by atoms with E-state index in [-0.39, 0.29) is 0 Å². The first-order valence-electron chi connectivity index (χ1n) is 18.5. The van der Waals surface area contributed by atoms with Gasteiger partial charge in [-0.2, -0.15) is 0 Å². The van der Waals surface area contributed by atoms with Crippen molar-refractivity contribution in [1.82, 2.24) is 0 Å². The zero-order valence-corrected chi connectivity index (χ0v) is 50.4. The largest absolute Gasteiger partial charge is 0.116 e. The third-order valence-electron chi connectivity index (χ3n) is 9.47. The van der Waals surface area contributed by atoms with Crippen molar-refractivity contribution in [3.05, 3.63) is 104 Å². The van der Waals surface area contributed by atoms with E-state index in [0.29, 0.717) is 0 Å². The summed E-state index contributed by atoms with van der Waals surface area (Å²) in [5.41, 5.74) is 0. The minimum absolute atomic E-state index is 1.22. The molecule has 0 saturated heterocycles. The topological polar surface area (TPSA) is 0 Å². The predicted octanol–water partition coefficient (Wildman–Crippen LogP) is 17.7. The van der Waals surface area contributed by atoms with Gasteiger partial charge < -0.3 is 0 Å². The van der Waals surface area contributed by atoms with Crippen molar-refractivity contribution in [2.45, 2.75) is 19.6 Å². The van der Waals surface area contributed by atoms with Crippen molar-refractivity contribution in [1.29, 1.82) is 0 Å². The second kappa shape index (κ2) is 19.4. The number of fused-ring (bicyclic) bond motifs is 2. The quantitative estimate of drug-likeness (QED) is 0.246. The second-order valence-electron chi connectivity index (χ2n) is 13.2. The van der Waals surface area contributed by atoms with E-state index >= 15 is 0 Å². The molecule has 0 N–H and O–H groups in total. The van der Waals surface area contributed by atoms with Gasteiger partial charge >= 0.3 is 0 Å².